The average molecular weight is 265 g/mol. The molecule has 2 N–H and O–H groups in total. The summed E-state index contributed by atoms with van der Waals surface area (Å²) in [4.78, 5) is 0. The molecule has 1 fully saturated rings. The van der Waals surface area contributed by atoms with Gasteiger partial charge >= 0.3 is 0 Å². The van der Waals surface area contributed by atoms with Crippen molar-refractivity contribution in [2.45, 2.75) is 19.9 Å². The van der Waals surface area contributed by atoms with Gasteiger partial charge in [0, 0.05) is 13.1 Å². The minimum Gasteiger partial charge on any atom is -0.496 e. The van der Waals surface area contributed by atoms with Crippen molar-refractivity contribution in [1.29, 1.82) is 0 Å². The fourth-order valence-electron chi connectivity index (χ4n) is 2.33. The highest BCUT2D eigenvalue weighted by Gasteiger charge is 2.37. The van der Waals surface area contributed by atoms with E-state index in [2.05, 4.69) is 24.4 Å². The smallest absolute Gasteiger partial charge is 0.122 e. The minimum atomic E-state index is -0.0694. The van der Waals surface area contributed by atoms with Crippen molar-refractivity contribution in [3.63, 3.8) is 0 Å². The zero-order chi connectivity index (χ0) is 13.7. The SMILES string of the molecule is CCc1cc(CNCC2(CO)COC2)ccc1OC. The molecular formula is C15H23NO3. The normalized spacial score (nSPS) is 17.0. The summed E-state index contributed by atoms with van der Waals surface area (Å²) in [6, 6.07) is 6.27. The van der Waals surface area contributed by atoms with Crippen LogP contribution in [0.4, 0.5) is 0 Å². The van der Waals surface area contributed by atoms with Crippen molar-refractivity contribution >= 4 is 0 Å². The molecule has 0 unspecified atom stereocenters. The van der Waals surface area contributed by atoms with Crippen molar-refractivity contribution in [3.8, 4) is 5.75 Å². The summed E-state index contributed by atoms with van der Waals surface area (Å²) in [6.45, 7) is 5.21. The van der Waals surface area contributed by atoms with Crippen molar-refractivity contribution in [3.05, 3.63) is 29.3 Å². The Bertz CT molecular complexity index is 410. The highest BCUT2D eigenvalue weighted by molar-refractivity contribution is 5.37. The monoisotopic (exact) mass is 265 g/mol. The van der Waals surface area contributed by atoms with Crippen LogP contribution in [0.5, 0.6) is 5.75 Å². The average Bonchev–Trinajstić information content (AvgIpc) is 2.41. The minimum absolute atomic E-state index is 0.0694. The van der Waals surface area contributed by atoms with E-state index in [-0.39, 0.29) is 12.0 Å². The third-order valence-corrected chi connectivity index (χ3v) is 3.71. The van der Waals surface area contributed by atoms with E-state index < -0.39 is 0 Å². The second-order valence-corrected chi connectivity index (χ2v) is 5.25. The van der Waals surface area contributed by atoms with Crippen LogP contribution in [0, 0.1) is 5.41 Å². The largest absolute Gasteiger partial charge is 0.496 e. The summed E-state index contributed by atoms with van der Waals surface area (Å²) in [7, 11) is 1.70. The molecule has 1 aliphatic rings. The molecule has 0 bridgehead atoms. The standard InChI is InChI=1S/C15H23NO3/c1-3-13-6-12(4-5-14(13)18-2)7-16-8-15(9-17)10-19-11-15/h4-6,16-17H,3,7-11H2,1-2H3. The molecule has 1 aliphatic heterocycles. The van der Waals surface area contributed by atoms with E-state index in [4.69, 9.17) is 9.47 Å². The van der Waals surface area contributed by atoms with Crippen LogP contribution in [0.1, 0.15) is 18.1 Å². The highest BCUT2D eigenvalue weighted by atomic mass is 16.5. The number of nitrogens with one attached hydrogen (secondary N) is 1. The lowest BCUT2D eigenvalue weighted by atomic mass is 9.87. The molecule has 106 valence electrons. The molecule has 0 radical (unpaired) electrons. The number of hydrogen-bond acceptors (Lipinski definition) is 4. The lowest BCUT2D eigenvalue weighted by Crippen LogP contribution is -2.52. The van der Waals surface area contributed by atoms with Gasteiger partial charge in [-0.25, -0.2) is 0 Å². The Morgan fingerprint density at radius 2 is 2.21 bits per heavy atom. The first-order chi connectivity index (χ1) is 9.23. The summed E-state index contributed by atoms with van der Waals surface area (Å²) in [6.07, 6.45) is 0.964. The highest BCUT2D eigenvalue weighted by Crippen LogP contribution is 2.26. The van der Waals surface area contributed by atoms with Gasteiger partial charge in [0.25, 0.3) is 0 Å². The van der Waals surface area contributed by atoms with Crippen LogP contribution in [0.2, 0.25) is 0 Å². The number of benzene rings is 1. The van der Waals surface area contributed by atoms with Crippen molar-refractivity contribution in [1.82, 2.24) is 5.32 Å². The number of methoxy groups -OCH3 is 1. The maximum absolute atomic E-state index is 9.35. The summed E-state index contributed by atoms with van der Waals surface area (Å²) >= 11 is 0. The van der Waals surface area contributed by atoms with Gasteiger partial charge < -0.3 is 19.9 Å². The molecule has 1 aromatic carbocycles. The predicted molar refractivity (Wildman–Crippen MR) is 74.4 cm³/mol. The van der Waals surface area contributed by atoms with E-state index in [9.17, 15) is 5.11 Å². The Kier molecular flexibility index (Phi) is 4.80. The fraction of sp³-hybridized carbons (Fsp3) is 0.600. The predicted octanol–water partition coefficient (Wildman–Crippen LogP) is 1.36. The van der Waals surface area contributed by atoms with Gasteiger partial charge in [0.05, 0.1) is 32.3 Å². The molecule has 0 saturated carbocycles. The molecule has 0 aliphatic carbocycles. The lowest BCUT2D eigenvalue weighted by molar-refractivity contribution is -0.134. The molecule has 1 aromatic rings. The van der Waals surface area contributed by atoms with Gasteiger partial charge in [0.2, 0.25) is 0 Å². The number of aliphatic hydroxyl groups excluding tert-OH is 1. The first kappa shape index (κ1) is 14.3. The van der Waals surface area contributed by atoms with E-state index in [1.165, 1.54) is 11.1 Å². The molecule has 4 heteroatoms. The molecule has 0 atom stereocenters. The maximum atomic E-state index is 9.35. The topological polar surface area (TPSA) is 50.7 Å². The van der Waals surface area contributed by atoms with E-state index in [0.717, 1.165) is 25.3 Å². The number of hydrogen-bond donors (Lipinski definition) is 2. The molecule has 0 amide bonds. The van der Waals surface area contributed by atoms with Crippen LogP contribution < -0.4 is 10.1 Å². The lowest BCUT2D eigenvalue weighted by Gasteiger charge is -2.40. The van der Waals surface area contributed by atoms with Gasteiger partial charge in [-0.1, -0.05) is 19.1 Å². The first-order valence-corrected chi connectivity index (χ1v) is 6.78. The fourth-order valence-corrected chi connectivity index (χ4v) is 2.33. The van der Waals surface area contributed by atoms with E-state index >= 15 is 0 Å². The molecule has 0 spiro atoms. The van der Waals surface area contributed by atoms with Crippen molar-refractivity contribution in [2.75, 3.05) is 33.5 Å². The molecule has 1 saturated heterocycles. The van der Waals surface area contributed by atoms with Gasteiger partial charge in [-0.15, -0.1) is 0 Å². The molecule has 4 nitrogen and oxygen atoms in total. The van der Waals surface area contributed by atoms with Gasteiger partial charge in [-0.3, -0.25) is 0 Å². The van der Waals surface area contributed by atoms with E-state index in [1.807, 2.05) is 6.07 Å². The first-order valence-electron chi connectivity index (χ1n) is 6.78. The maximum Gasteiger partial charge on any atom is 0.122 e. The molecule has 19 heavy (non-hydrogen) atoms. The van der Waals surface area contributed by atoms with Crippen molar-refractivity contribution < 1.29 is 14.6 Å². The van der Waals surface area contributed by atoms with Crippen LogP contribution in [-0.2, 0) is 17.7 Å². The third kappa shape index (κ3) is 3.26. The summed E-state index contributed by atoms with van der Waals surface area (Å²) in [5.41, 5.74) is 2.40. The van der Waals surface area contributed by atoms with Gasteiger partial charge in [0.15, 0.2) is 0 Å². The number of aliphatic hydroxyl groups is 1. The summed E-state index contributed by atoms with van der Waals surface area (Å²) in [5.74, 6) is 0.950. The molecular weight excluding hydrogens is 242 g/mol. The van der Waals surface area contributed by atoms with E-state index in [1.54, 1.807) is 7.11 Å². The second-order valence-electron chi connectivity index (χ2n) is 5.25. The van der Waals surface area contributed by atoms with Crippen LogP contribution in [0.3, 0.4) is 0 Å². The number of ether oxygens (including phenoxy) is 2. The molecule has 2 rings (SSSR count). The van der Waals surface area contributed by atoms with Crippen LogP contribution >= 0.6 is 0 Å². The number of rotatable bonds is 7. The Balaban J connectivity index is 1.89. The van der Waals surface area contributed by atoms with Gasteiger partial charge in [-0.05, 0) is 23.6 Å². The molecule has 1 heterocycles. The second kappa shape index (κ2) is 6.37. The van der Waals surface area contributed by atoms with Gasteiger partial charge in [0.1, 0.15) is 5.75 Å². The Morgan fingerprint density at radius 3 is 2.74 bits per heavy atom. The van der Waals surface area contributed by atoms with Crippen molar-refractivity contribution in [2.24, 2.45) is 5.41 Å². The Hall–Kier alpha value is -1.10. The zero-order valence-electron chi connectivity index (χ0n) is 11.7. The van der Waals surface area contributed by atoms with Crippen LogP contribution in [0.25, 0.3) is 0 Å². The summed E-state index contributed by atoms with van der Waals surface area (Å²) < 4.78 is 10.5. The van der Waals surface area contributed by atoms with Gasteiger partial charge in [-0.2, -0.15) is 0 Å². The molecule has 0 aromatic heterocycles. The Morgan fingerprint density at radius 1 is 1.42 bits per heavy atom. The summed E-state index contributed by atoms with van der Waals surface area (Å²) in [5, 5.41) is 12.8. The zero-order valence-corrected chi connectivity index (χ0v) is 11.7. The van der Waals surface area contributed by atoms with Crippen LogP contribution in [-0.4, -0.2) is 38.6 Å². The number of aryl methyl sites for hydroxylation is 1. The quantitative estimate of drug-likeness (QED) is 0.781. The van der Waals surface area contributed by atoms with E-state index in [0.29, 0.717) is 13.2 Å². The Labute approximate surface area is 114 Å². The van der Waals surface area contributed by atoms with Crippen LogP contribution in [0.15, 0.2) is 18.2 Å². The third-order valence-electron chi connectivity index (χ3n) is 3.71.